The minimum atomic E-state index is -0.00327. The SMILES string of the molecule is COc1ccc(NC(=O)CN2C[C@@H](C)O[C@@H](C)C2)cc1. The predicted molar refractivity (Wildman–Crippen MR) is 78.1 cm³/mol. The summed E-state index contributed by atoms with van der Waals surface area (Å²) in [5.41, 5.74) is 0.783. The summed E-state index contributed by atoms with van der Waals surface area (Å²) >= 11 is 0. The van der Waals surface area contributed by atoms with Crippen LogP contribution in [0.1, 0.15) is 13.8 Å². The highest BCUT2D eigenvalue weighted by Crippen LogP contribution is 2.15. The van der Waals surface area contributed by atoms with Crippen LogP contribution in [0.2, 0.25) is 0 Å². The summed E-state index contributed by atoms with van der Waals surface area (Å²) < 4.78 is 10.7. The summed E-state index contributed by atoms with van der Waals surface area (Å²) in [6.07, 6.45) is 0.347. The van der Waals surface area contributed by atoms with Crippen LogP contribution in [0.15, 0.2) is 24.3 Å². The van der Waals surface area contributed by atoms with Crippen LogP contribution in [-0.4, -0.2) is 49.8 Å². The number of anilines is 1. The summed E-state index contributed by atoms with van der Waals surface area (Å²) in [7, 11) is 1.62. The van der Waals surface area contributed by atoms with Crippen molar-refractivity contribution < 1.29 is 14.3 Å². The van der Waals surface area contributed by atoms with E-state index in [-0.39, 0.29) is 18.1 Å². The van der Waals surface area contributed by atoms with Crippen molar-refractivity contribution >= 4 is 11.6 Å². The third-order valence-corrected chi connectivity index (χ3v) is 3.24. The quantitative estimate of drug-likeness (QED) is 0.911. The van der Waals surface area contributed by atoms with Crippen LogP contribution in [0.3, 0.4) is 0 Å². The number of hydrogen-bond donors (Lipinski definition) is 1. The van der Waals surface area contributed by atoms with Gasteiger partial charge in [0.25, 0.3) is 0 Å². The average Bonchev–Trinajstić information content (AvgIpc) is 2.38. The van der Waals surface area contributed by atoms with Gasteiger partial charge in [-0.1, -0.05) is 0 Å². The number of nitrogens with one attached hydrogen (secondary N) is 1. The molecule has 1 aromatic rings. The Morgan fingerprint density at radius 1 is 1.30 bits per heavy atom. The van der Waals surface area contributed by atoms with Crippen molar-refractivity contribution in [2.75, 3.05) is 32.1 Å². The van der Waals surface area contributed by atoms with E-state index in [2.05, 4.69) is 10.2 Å². The molecule has 1 aromatic carbocycles. The van der Waals surface area contributed by atoms with Gasteiger partial charge in [-0.05, 0) is 38.1 Å². The third kappa shape index (κ3) is 4.21. The lowest BCUT2D eigenvalue weighted by molar-refractivity contribution is -0.121. The third-order valence-electron chi connectivity index (χ3n) is 3.24. The van der Waals surface area contributed by atoms with Gasteiger partial charge in [0.1, 0.15) is 5.75 Å². The summed E-state index contributed by atoms with van der Waals surface area (Å²) in [5, 5.41) is 2.89. The molecule has 2 rings (SSSR count). The Morgan fingerprint density at radius 2 is 1.90 bits per heavy atom. The number of morpholine rings is 1. The zero-order valence-corrected chi connectivity index (χ0v) is 12.3. The van der Waals surface area contributed by atoms with Crippen molar-refractivity contribution in [2.45, 2.75) is 26.1 Å². The van der Waals surface area contributed by atoms with E-state index in [1.54, 1.807) is 7.11 Å². The lowest BCUT2D eigenvalue weighted by atomic mass is 10.2. The Hall–Kier alpha value is -1.59. The van der Waals surface area contributed by atoms with Gasteiger partial charge in [-0.2, -0.15) is 0 Å². The van der Waals surface area contributed by atoms with Crippen molar-refractivity contribution in [3.8, 4) is 5.75 Å². The van der Waals surface area contributed by atoms with E-state index in [0.717, 1.165) is 24.5 Å². The number of hydrogen-bond acceptors (Lipinski definition) is 4. The second-order valence-corrected chi connectivity index (χ2v) is 5.23. The molecule has 1 aliphatic rings. The molecule has 0 bridgehead atoms. The van der Waals surface area contributed by atoms with E-state index in [9.17, 15) is 4.79 Å². The fraction of sp³-hybridized carbons (Fsp3) is 0.533. The zero-order chi connectivity index (χ0) is 14.5. The highest BCUT2D eigenvalue weighted by atomic mass is 16.5. The number of rotatable bonds is 4. The molecule has 0 saturated carbocycles. The fourth-order valence-corrected chi connectivity index (χ4v) is 2.49. The van der Waals surface area contributed by atoms with Crippen LogP contribution in [-0.2, 0) is 9.53 Å². The van der Waals surface area contributed by atoms with Gasteiger partial charge in [-0.15, -0.1) is 0 Å². The monoisotopic (exact) mass is 278 g/mol. The normalized spacial score (nSPS) is 23.4. The molecule has 0 aliphatic carbocycles. The molecule has 5 heteroatoms. The van der Waals surface area contributed by atoms with Crippen molar-refractivity contribution in [3.05, 3.63) is 24.3 Å². The average molecular weight is 278 g/mol. The van der Waals surface area contributed by atoms with E-state index in [1.165, 1.54) is 0 Å². The summed E-state index contributed by atoms with van der Waals surface area (Å²) in [4.78, 5) is 14.1. The lowest BCUT2D eigenvalue weighted by Gasteiger charge is -2.34. The molecule has 1 N–H and O–H groups in total. The topological polar surface area (TPSA) is 50.8 Å². The molecule has 2 atom stereocenters. The molecule has 20 heavy (non-hydrogen) atoms. The Morgan fingerprint density at radius 3 is 2.45 bits per heavy atom. The maximum absolute atomic E-state index is 12.0. The van der Waals surface area contributed by atoms with Crippen LogP contribution >= 0.6 is 0 Å². The van der Waals surface area contributed by atoms with Crippen molar-refractivity contribution in [1.82, 2.24) is 4.90 Å². The molecular weight excluding hydrogens is 256 g/mol. The minimum Gasteiger partial charge on any atom is -0.497 e. The summed E-state index contributed by atoms with van der Waals surface area (Å²) in [6, 6.07) is 7.32. The van der Waals surface area contributed by atoms with Crippen LogP contribution in [0.4, 0.5) is 5.69 Å². The number of ether oxygens (including phenoxy) is 2. The molecule has 110 valence electrons. The molecule has 1 aliphatic heterocycles. The van der Waals surface area contributed by atoms with Gasteiger partial charge in [-0.3, -0.25) is 9.69 Å². The first-order valence-corrected chi connectivity index (χ1v) is 6.88. The first kappa shape index (κ1) is 14.8. The molecule has 5 nitrogen and oxygen atoms in total. The maximum Gasteiger partial charge on any atom is 0.238 e. The van der Waals surface area contributed by atoms with E-state index < -0.39 is 0 Å². The van der Waals surface area contributed by atoms with Crippen LogP contribution in [0, 0.1) is 0 Å². The van der Waals surface area contributed by atoms with E-state index in [4.69, 9.17) is 9.47 Å². The first-order valence-electron chi connectivity index (χ1n) is 6.88. The Balaban J connectivity index is 1.85. The van der Waals surface area contributed by atoms with Crippen molar-refractivity contribution in [3.63, 3.8) is 0 Å². The number of amides is 1. The Kier molecular flexibility index (Phi) is 4.98. The standard InChI is InChI=1S/C15H22N2O3/c1-11-8-17(9-12(2)20-11)10-15(18)16-13-4-6-14(19-3)7-5-13/h4-7,11-12H,8-10H2,1-3H3,(H,16,18)/t11-,12+. The van der Waals surface area contributed by atoms with Gasteiger partial charge < -0.3 is 14.8 Å². The smallest absolute Gasteiger partial charge is 0.238 e. The molecule has 0 aromatic heterocycles. The molecule has 1 saturated heterocycles. The Bertz CT molecular complexity index is 437. The molecule has 0 radical (unpaired) electrons. The van der Waals surface area contributed by atoms with Crippen molar-refractivity contribution in [1.29, 1.82) is 0 Å². The fourth-order valence-electron chi connectivity index (χ4n) is 2.49. The number of nitrogens with zero attached hydrogens (tertiary/aromatic N) is 1. The zero-order valence-electron chi connectivity index (χ0n) is 12.3. The van der Waals surface area contributed by atoms with Gasteiger partial charge >= 0.3 is 0 Å². The highest BCUT2D eigenvalue weighted by Gasteiger charge is 2.23. The second-order valence-electron chi connectivity index (χ2n) is 5.23. The molecule has 1 amide bonds. The number of methoxy groups -OCH3 is 1. The van der Waals surface area contributed by atoms with Gasteiger partial charge in [0.2, 0.25) is 5.91 Å². The van der Waals surface area contributed by atoms with E-state index >= 15 is 0 Å². The maximum atomic E-state index is 12.0. The summed E-state index contributed by atoms with van der Waals surface area (Å²) in [5.74, 6) is 0.773. The van der Waals surface area contributed by atoms with E-state index in [1.807, 2.05) is 38.1 Å². The number of carbonyl (C=O) groups is 1. The van der Waals surface area contributed by atoms with Crippen LogP contribution < -0.4 is 10.1 Å². The molecule has 1 heterocycles. The largest absolute Gasteiger partial charge is 0.497 e. The van der Waals surface area contributed by atoms with Crippen molar-refractivity contribution in [2.24, 2.45) is 0 Å². The van der Waals surface area contributed by atoms with Crippen LogP contribution in [0.5, 0.6) is 5.75 Å². The Labute approximate surface area is 119 Å². The number of benzene rings is 1. The molecule has 0 spiro atoms. The predicted octanol–water partition coefficient (Wildman–Crippen LogP) is 1.74. The number of carbonyl (C=O) groups excluding carboxylic acids is 1. The van der Waals surface area contributed by atoms with Gasteiger partial charge in [0.15, 0.2) is 0 Å². The first-order chi connectivity index (χ1) is 9.56. The molecule has 1 fully saturated rings. The van der Waals surface area contributed by atoms with Crippen LogP contribution in [0.25, 0.3) is 0 Å². The van der Waals surface area contributed by atoms with Gasteiger partial charge in [-0.25, -0.2) is 0 Å². The molecule has 0 unspecified atom stereocenters. The van der Waals surface area contributed by atoms with Gasteiger partial charge in [0.05, 0.1) is 25.9 Å². The minimum absolute atomic E-state index is 0.00327. The highest BCUT2D eigenvalue weighted by molar-refractivity contribution is 5.92. The van der Waals surface area contributed by atoms with Gasteiger partial charge in [0, 0.05) is 18.8 Å². The lowest BCUT2D eigenvalue weighted by Crippen LogP contribution is -2.48. The van der Waals surface area contributed by atoms with E-state index in [0.29, 0.717) is 6.54 Å². The second kappa shape index (κ2) is 6.72. The summed E-state index contributed by atoms with van der Waals surface area (Å²) in [6.45, 7) is 6.04. The molecular formula is C15H22N2O3.